The van der Waals surface area contributed by atoms with E-state index in [-0.39, 0.29) is 12.7 Å². The molecule has 132 valence electrons. The van der Waals surface area contributed by atoms with E-state index >= 15 is 0 Å². The molecule has 0 spiro atoms. The number of hydrogen-bond donors (Lipinski definition) is 4. The Morgan fingerprint density at radius 1 is 1.08 bits per heavy atom. The molecule has 5 heteroatoms. The molecule has 1 aliphatic heterocycles. The van der Waals surface area contributed by atoms with Crippen LogP contribution >= 0.6 is 0 Å². The molecule has 0 unspecified atom stereocenters. The lowest BCUT2D eigenvalue weighted by Crippen LogP contribution is -3.28. The Hall–Kier alpha value is -1.40. The van der Waals surface area contributed by atoms with Crippen molar-refractivity contribution in [2.24, 2.45) is 0 Å². The Morgan fingerprint density at radius 3 is 2.46 bits per heavy atom. The number of quaternary nitrogens is 2. The minimum atomic E-state index is -0.326. The van der Waals surface area contributed by atoms with Gasteiger partial charge in [-0.1, -0.05) is 18.2 Å². The van der Waals surface area contributed by atoms with E-state index in [0.717, 1.165) is 39.3 Å². The second-order valence-corrected chi connectivity index (χ2v) is 7.17. The van der Waals surface area contributed by atoms with Crippen LogP contribution in [-0.2, 0) is 6.54 Å². The van der Waals surface area contributed by atoms with E-state index in [1.807, 2.05) is 0 Å². The fraction of sp³-hybridized carbons (Fsp3) is 0.579. The van der Waals surface area contributed by atoms with Crippen molar-refractivity contribution in [3.8, 4) is 0 Å². The first-order chi connectivity index (χ1) is 11.6. The van der Waals surface area contributed by atoms with Gasteiger partial charge in [0.2, 0.25) is 0 Å². The molecule has 24 heavy (non-hydrogen) atoms. The Bertz CT molecular complexity index is 675. The predicted octanol–water partition coefficient (Wildman–Crippen LogP) is -1.61. The fourth-order valence-electron chi connectivity index (χ4n) is 4.02. The number of aliphatic hydroxyl groups excluding tert-OH is 2. The summed E-state index contributed by atoms with van der Waals surface area (Å²) in [6.07, 6.45) is -0.326. The first-order valence-corrected chi connectivity index (χ1v) is 9.10. The number of aliphatic hydroxyl groups is 2. The summed E-state index contributed by atoms with van der Waals surface area (Å²) in [5, 5.41) is 21.0. The van der Waals surface area contributed by atoms with Crippen LogP contribution in [0.5, 0.6) is 0 Å². The Balaban J connectivity index is 1.62. The molecule has 0 radical (unpaired) electrons. The van der Waals surface area contributed by atoms with Crippen molar-refractivity contribution in [2.75, 3.05) is 45.9 Å². The van der Waals surface area contributed by atoms with E-state index in [9.17, 15) is 5.11 Å². The first kappa shape index (κ1) is 17.4. The molecule has 1 fully saturated rings. The monoisotopic (exact) mass is 333 g/mol. The van der Waals surface area contributed by atoms with Gasteiger partial charge in [0, 0.05) is 16.6 Å². The highest BCUT2D eigenvalue weighted by atomic mass is 16.3. The van der Waals surface area contributed by atoms with E-state index in [1.165, 1.54) is 32.0 Å². The van der Waals surface area contributed by atoms with E-state index in [0.29, 0.717) is 6.54 Å². The maximum Gasteiger partial charge on any atom is 0.127 e. The molecule has 4 N–H and O–H groups in total. The third kappa shape index (κ3) is 3.64. The molecule has 2 aromatic rings. The highest BCUT2D eigenvalue weighted by Gasteiger charge is 2.25. The standard InChI is InChI=1S/C19H29N3O2/c1-15-16(2)22(19-6-4-3-5-18(15)19)14-17(24)13-21-9-7-20(8-10-21)11-12-23/h3-6,17,23-24H,7-14H2,1-2H3/p+2/t17-/m1/s1. The third-order valence-corrected chi connectivity index (χ3v) is 5.59. The lowest BCUT2D eigenvalue weighted by atomic mass is 10.2. The van der Waals surface area contributed by atoms with E-state index in [4.69, 9.17) is 5.11 Å². The predicted molar refractivity (Wildman–Crippen MR) is 95.6 cm³/mol. The van der Waals surface area contributed by atoms with Crippen LogP contribution < -0.4 is 9.80 Å². The van der Waals surface area contributed by atoms with Gasteiger partial charge in [-0.2, -0.15) is 0 Å². The SMILES string of the molecule is Cc1c(C)n(C[C@H](O)C[NH+]2CC[NH+](CCO)CC2)c2ccccc12. The minimum Gasteiger partial charge on any atom is -0.391 e. The van der Waals surface area contributed by atoms with Crippen molar-refractivity contribution < 1.29 is 20.0 Å². The van der Waals surface area contributed by atoms with Crippen molar-refractivity contribution in [3.05, 3.63) is 35.5 Å². The highest BCUT2D eigenvalue weighted by molar-refractivity contribution is 5.85. The first-order valence-electron chi connectivity index (χ1n) is 9.10. The average molecular weight is 333 g/mol. The molecular weight excluding hydrogens is 302 g/mol. The van der Waals surface area contributed by atoms with E-state index in [2.05, 4.69) is 42.7 Å². The largest absolute Gasteiger partial charge is 0.391 e. The molecule has 5 nitrogen and oxygen atoms in total. The van der Waals surface area contributed by atoms with E-state index in [1.54, 1.807) is 0 Å². The average Bonchev–Trinajstić information content (AvgIpc) is 2.82. The summed E-state index contributed by atoms with van der Waals surface area (Å²) in [6.45, 7) is 11.2. The number of piperazine rings is 1. The minimum absolute atomic E-state index is 0.270. The van der Waals surface area contributed by atoms with Crippen LogP contribution in [0.4, 0.5) is 0 Å². The van der Waals surface area contributed by atoms with Crippen LogP contribution in [0.1, 0.15) is 11.3 Å². The van der Waals surface area contributed by atoms with Gasteiger partial charge in [-0.05, 0) is 25.5 Å². The zero-order valence-corrected chi connectivity index (χ0v) is 14.9. The van der Waals surface area contributed by atoms with Crippen LogP contribution in [0, 0.1) is 13.8 Å². The zero-order valence-electron chi connectivity index (χ0n) is 14.9. The van der Waals surface area contributed by atoms with E-state index < -0.39 is 0 Å². The lowest BCUT2D eigenvalue weighted by Gasteiger charge is -2.30. The van der Waals surface area contributed by atoms with Gasteiger partial charge in [-0.15, -0.1) is 0 Å². The summed E-state index contributed by atoms with van der Waals surface area (Å²) in [5.41, 5.74) is 3.78. The number of fused-ring (bicyclic) bond motifs is 1. The van der Waals surface area contributed by atoms with Crippen LogP contribution in [0.2, 0.25) is 0 Å². The second kappa shape index (κ2) is 7.66. The molecule has 1 saturated heterocycles. The molecule has 0 amide bonds. The van der Waals surface area contributed by atoms with Gasteiger partial charge in [0.15, 0.2) is 0 Å². The summed E-state index contributed by atoms with van der Waals surface area (Å²) in [6, 6.07) is 8.45. The molecule has 1 aromatic carbocycles. The van der Waals surface area contributed by atoms with Gasteiger partial charge in [0.25, 0.3) is 0 Å². The topological polar surface area (TPSA) is 54.3 Å². The third-order valence-electron chi connectivity index (χ3n) is 5.59. The smallest absolute Gasteiger partial charge is 0.127 e. The van der Waals surface area contributed by atoms with Crippen LogP contribution in [0.15, 0.2) is 24.3 Å². The number of rotatable bonds is 6. The Kier molecular flexibility index (Phi) is 5.56. The van der Waals surface area contributed by atoms with Crippen LogP contribution in [-0.4, -0.2) is 66.8 Å². The van der Waals surface area contributed by atoms with Gasteiger partial charge in [-0.3, -0.25) is 0 Å². The van der Waals surface area contributed by atoms with Gasteiger partial charge in [-0.25, -0.2) is 0 Å². The normalized spacial score (nSPS) is 22.8. The molecule has 1 atom stereocenters. The number of aromatic nitrogens is 1. The number of nitrogens with one attached hydrogen (secondary N) is 2. The summed E-state index contributed by atoms with van der Waals surface area (Å²) in [5.74, 6) is 0. The molecule has 3 rings (SSSR count). The fourth-order valence-corrected chi connectivity index (χ4v) is 4.02. The maximum atomic E-state index is 10.6. The number of benzene rings is 1. The van der Waals surface area contributed by atoms with Crippen molar-refractivity contribution in [2.45, 2.75) is 26.5 Å². The zero-order chi connectivity index (χ0) is 17.1. The van der Waals surface area contributed by atoms with Gasteiger partial charge < -0.3 is 24.6 Å². The number of aryl methyl sites for hydroxylation is 1. The van der Waals surface area contributed by atoms with Crippen molar-refractivity contribution in [3.63, 3.8) is 0 Å². The number of hydrogen-bond acceptors (Lipinski definition) is 2. The molecular formula is C19H31N3O2+2. The summed E-state index contributed by atoms with van der Waals surface area (Å²) >= 11 is 0. The summed E-state index contributed by atoms with van der Waals surface area (Å²) < 4.78 is 2.27. The summed E-state index contributed by atoms with van der Waals surface area (Å²) in [4.78, 5) is 2.97. The molecule has 0 aliphatic carbocycles. The van der Waals surface area contributed by atoms with Crippen molar-refractivity contribution >= 4 is 10.9 Å². The molecule has 1 aromatic heterocycles. The van der Waals surface area contributed by atoms with Gasteiger partial charge in [0.05, 0.1) is 13.2 Å². The van der Waals surface area contributed by atoms with Gasteiger partial charge >= 0.3 is 0 Å². The van der Waals surface area contributed by atoms with Crippen molar-refractivity contribution in [1.82, 2.24) is 4.57 Å². The number of nitrogens with zero attached hydrogens (tertiary/aromatic N) is 1. The Morgan fingerprint density at radius 2 is 1.75 bits per heavy atom. The summed E-state index contributed by atoms with van der Waals surface area (Å²) in [7, 11) is 0. The Labute approximate surface area is 144 Å². The second-order valence-electron chi connectivity index (χ2n) is 7.17. The molecule has 0 saturated carbocycles. The quantitative estimate of drug-likeness (QED) is 0.514. The van der Waals surface area contributed by atoms with Gasteiger partial charge in [0.1, 0.15) is 45.4 Å². The lowest BCUT2D eigenvalue weighted by molar-refractivity contribution is -1.01. The number of para-hydroxylation sites is 1. The maximum absolute atomic E-state index is 10.6. The molecule has 1 aliphatic rings. The molecule has 2 heterocycles. The van der Waals surface area contributed by atoms with Crippen LogP contribution in [0.3, 0.4) is 0 Å². The molecule has 0 bridgehead atoms. The van der Waals surface area contributed by atoms with Crippen molar-refractivity contribution in [1.29, 1.82) is 0 Å². The highest BCUT2D eigenvalue weighted by Crippen LogP contribution is 2.24. The van der Waals surface area contributed by atoms with Crippen LogP contribution in [0.25, 0.3) is 10.9 Å².